The number of carbonyl (C=O) groups is 1. The summed E-state index contributed by atoms with van der Waals surface area (Å²) in [6.45, 7) is 0. The number of aromatic hydroxyl groups is 1. The molecule has 2 aromatic rings. The lowest BCUT2D eigenvalue weighted by atomic mass is 10.0. The van der Waals surface area contributed by atoms with E-state index in [-0.39, 0.29) is 16.7 Å². The molecule has 0 aromatic heterocycles. The highest BCUT2D eigenvalue weighted by molar-refractivity contribution is 6.34. The predicted molar refractivity (Wildman–Crippen MR) is 84.1 cm³/mol. The Kier molecular flexibility index (Phi) is 3.79. The summed E-state index contributed by atoms with van der Waals surface area (Å²) >= 11 is 12.1. The quantitative estimate of drug-likeness (QED) is 0.887. The van der Waals surface area contributed by atoms with E-state index in [9.17, 15) is 9.90 Å². The molecule has 0 saturated heterocycles. The van der Waals surface area contributed by atoms with Gasteiger partial charge in [-0.15, -0.1) is 0 Å². The van der Waals surface area contributed by atoms with Crippen molar-refractivity contribution in [1.29, 1.82) is 0 Å². The van der Waals surface area contributed by atoms with Crippen LogP contribution in [-0.4, -0.2) is 17.1 Å². The molecular formula is C16H13Cl2NO2. The van der Waals surface area contributed by atoms with E-state index in [4.69, 9.17) is 23.2 Å². The largest absolute Gasteiger partial charge is 0.506 e. The van der Waals surface area contributed by atoms with E-state index < -0.39 is 0 Å². The molecule has 0 spiro atoms. The maximum Gasteiger partial charge on any atom is 0.253 e. The first-order valence-corrected chi connectivity index (χ1v) is 7.39. The normalized spacial score (nSPS) is 14.0. The van der Waals surface area contributed by atoms with Crippen LogP contribution in [0, 0.1) is 0 Å². The van der Waals surface area contributed by atoms with Crippen LogP contribution in [0.2, 0.25) is 10.0 Å². The van der Waals surface area contributed by atoms with Crippen LogP contribution in [0.1, 0.15) is 23.2 Å². The highest BCUT2D eigenvalue weighted by Crippen LogP contribution is 2.31. The van der Waals surface area contributed by atoms with E-state index >= 15 is 0 Å². The van der Waals surface area contributed by atoms with Crippen molar-refractivity contribution in [2.24, 2.45) is 0 Å². The Hall–Kier alpha value is -1.71. The van der Waals surface area contributed by atoms with Crippen molar-refractivity contribution >= 4 is 29.1 Å². The van der Waals surface area contributed by atoms with Gasteiger partial charge in [0.1, 0.15) is 5.75 Å². The summed E-state index contributed by atoms with van der Waals surface area (Å²) in [4.78, 5) is 12.0. The molecule has 1 aliphatic carbocycles. The molecule has 108 valence electrons. The Bertz CT molecular complexity index is 711. The van der Waals surface area contributed by atoms with Gasteiger partial charge in [0.25, 0.3) is 5.91 Å². The fourth-order valence-corrected chi connectivity index (χ4v) is 2.50. The maximum atomic E-state index is 12.0. The van der Waals surface area contributed by atoms with Crippen molar-refractivity contribution in [3.8, 4) is 16.9 Å². The summed E-state index contributed by atoms with van der Waals surface area (Å²) in [6, 6.07) is 10.5. The second-order valence-corrected chi connectivity index (χ2v) is 5.92. The van der Waals surface area contributed by atoms with Crippen LogP contribution in [0.4, 0.5) is 0 Å². The Morgan fingerprint density at radius 1 is 1.05 bits per heavy atom. The van der Waals surface area contributed by atoms with E-state index in [0.29, 0.717) is 16.6 Å². The second-order valence-electron chi connectivity index (χ2n) is 5.11. The molecule has 1 fully saturated rings. The number of hydrogen-bond acceptors (Lipinski definition) is 2. The number of rotatable bonds is 3. The summed E-state index contributed by atoms with van der Waals surface area (Å²) in [5, 5.41) is 13.0. The van der Waals surface area contributed by atoms with Crippen molar-refractivity contribution in [3.05, 3.63) is 52.0 Å². The van der Waals surface area contributed by atoms with Gasteiger partial charge >= 0.3 is 0 Å². The zero-order valence-electron chi connectivity index (χ0n) is 11.1. The summed E-state index contributed by atoms with van der Waals surface area (Å²) in [6.07, 6.45) is 2.07. The third kappa shape index (κ3) is 3.14. The number of phenolic OH excluding ortho intramolecular Hbond substituents is 1. The smallest absolute Gasteiger partial charge is 0.253 e. The van der Waals surface area contributed by atoms with Crippen molar-refractivity contribution in [3.63, 3.8) is 0 Å². The lowest BCUT2D eigenvalue weighted by molar-refractivity contribution is 0.0951. The molecule has 2 aromatic carbocycles. The fourth-order valence-electron chi connectivity index (χ4n) is 2.06. The van der Waals surface area contributed by atoms with Gasteiger partial charge in [0.05, 0.1) is 15.6 Å². The predicted octanol–water partition coefficient (Wildman–Crippen LogP) is 4.26. The van der Waals surface area contributed by atoms with Gasteiger partial charge < -0.3 is 10.4 Å². The highest BCUT2D eigenvalue weighted by Gasteiger charge is 2.24. The molecule has 0 atom stereocenters. The molecular weight excluding hydrogens is 309 g/mol. The van der Waals surface area contributed by atoms with Crippen LogP contribution in [0.15, 0.2) is 36.4 Å². The van der Waals surface area contributed by atoms with Crippen LogP contribution in [0.25, 0.3) is 11.1 Å². The zero-order valence-corrected chi connectivity index (χ0v) is 12.6. The van der Waals surface area contributed by atoms with Gasteiger partial charge in [-0.2, -0.15) is 0 Å². The first-order chi connectivity index (χ1) is 10.0. The molecule has 2 N–H and O–H groups in total. The third-order valence-electron chi connectivity index (χ3n) is 3.41. The van der Waals surface area contributed by atoms with Gasteiger partial charge in [-0.05, 0) is 48.2 Å². The van der Waals surface area contributed by atoms with Crippen LogP contribution >= 0.6 is 23.2 Å². The second kappa shape index (κ2) is 5.58. The van der Waals surface area contributed by atoms with Crippen molar-refractivity contribution in [2.75, 3.05) is 0 Å². The Morgan fingerprint density at radius 3 is 2.24 bits per heavy atom. The molecule has 3 nitrogen and oxygen atoms in total. The number of carbonyl (C=O) groups excluding carboxylic acids is 1. The van der Waals surface area contributed by atoms with Gasteiger partial charge in [0.15, 0.2) is 0 Å². The molecule has 3 rings (SSSR count). The molecule has 0 bridgehead atoms. The molecule has 1 aliphatic rings. The first kappa shape index (κ1) is 14.2. The van der Waals surface area contributed by atoms with Gasteiger partial charge in [-0.3, -0.25) is 4.79 Å². The number of hydrogen-bond donors (Lipinski definition) is 2. The monoisotopic (exact) mass is 321 g/mol. The number of phenols is 1. The van der Waals surface area contributed by atoms with E-state index in [1.807, 2.05) is 6.07 Å². The highest BCUT2D eigenvalue weighted by atomic mass is 35.5. The third-order valence-corrected chi connectivity index (χ3v) is 4.02. The van der Waals surface area contributed by atoms with Gasteiger partial charge in [-0.1, -0.05) is 35.3 Å². The van der Waals surface area contributed by atoms with E-state index in [1.165, 1.54) is 6.07 Å². The summed E-state index contributed by atoms with van der Waals surface area (Å²) in [5.41, 5.74) is 2.14. The van der Waals surface area contributed by atoms with E-state index in [2.05, 4.69) is 5.32 Å². The Morgan fingerprint density at radius 2 is 1.67 bits per heavy atom. The zero-order chi connectivity index (χ0) is 15.0. The van der Waals surface area contributed by atoms with Crippen molar-refractivity contribution in [2.45, 2.75) is 18.9 Å². The standard InChI is InChI=1S/C16H13Cl2NO2/c17-13-7-9(10-2-6-15(20)14(18)8-10)1-5-12(13)16(21)19-11-3-4-11/h1-2,5-8,11,20H,3-4H2,(H,19,21). The lowest BCUT2D eigenvalue weighted by Crippen LogP contribution is -2.25. The minimum absolute atomic E-state index is 0.0342. The summed E-state index contributed by atoms with van der Waals surface area (Å²) in [5.74, 6) is -0.107. The first-order valence-electron chi connectivity index (χ1n) is 6.64. The topological polar surface area (TPSA) is 49.3 Å². The van der Waals surface area contributed by atoms with Crippen LogP contribution in [0.5, 0.6) is 5.75 Å². The molecule has 0 radical (unpaired) electrons. The molecule has 0 heterocycles. The SMILES string of the molecule is O=C(NC1CC1)c1ccc(-c2ccc(O)c(Cl)c2)cc1Cl. The summed E-state index contributed by atoms with van der Waals surface area (Å²) < 4.78 is 0. The molecule has 0 unspecified atom stereocenters. The number of amides is 1. The van der Waals surface area contributed by atoms with E-state index in [1.54, 1.807) is 24.3 Å². The molecule has 1 saturated carbocycles. The van der Waals surface area contributed by atoms with Crippen molar-refractivity contribution in [1.82, 2.24) is 5.32 Å². The van der Waals surface area contributed by atoms with Crippen LogP contribution in [0.3, 0.4) is 0 Å². The Balaban J connectivity index is 1.89. The van der Waals surface area contributed by atoms with Gasteiger partial charge in [0.2, 0.25) is 0 Å². The average Bonchev–Trinajstić information content (AvgIpc) is 3.25. The Labute approximate surface area is 132 Å². The van der Waals surface area contributed by atoms with Gasteiger partial charge in [-0.25, -0.2) is 0 Å². The minimum Gasteiger partial charge on any atom is -0.506 e. The average molecular weight is 322 g/mol. The number of halogens is 2. The lowest BCUT2D eigenvalue weighted by Gasteiger charge is -2.08. The van der Waals surface area contributed by atoms with Crippen LogP contribution < -0.4 is 5.32 Å². The van der Waals surface area contributed by atoms with Crippen molar-refractivity contribution < 1.29 is 9.90 Å². The fraction of sp³-hybridized carbons (Fsp3) is 0.188. The molecule has 5 heteroatoms. The molecule has 1 amide bonds. The van der Waals surface area contributed by atoms with E-state index in [0.717, 1.165) is 24.0 Å². The minimum atomic E-state index is -0.141. The molecule has 0 aliphatic heterocycles. The van der Waals surface area contributed by atoms with Crippen LogP contribution in [-0.2, 0) is 0 Å². The maximum absolute atomic E-state index is 12.0. The number of nitrogens with one attached hydrogen (secondary N) is 1. The van der Waals surface area contributed by atoms with Gasteiger partial charge in [0, 0.05) is 6.04 Å². The summed E-state index contributed by atoms with van der Waals surface area (Å²) in [7, 11) is 0. The number of benzene rings is 2. The molecule has 21 heavy (non-hydrogen) atoms.